The predicted molar refractivity (Wildman–Crippen MR) is 73.0 cm³/mol. The first kappa shape index (κ1) is 14.1. The Morgan fingerprint density at radius 1 is 1.63 bits per heavy atom. The molecule has 0 bridgehead atoms. The van der Waals surface area contributed by atoms with E-state index < -0.39 is 21.0 Å². The van der Waals surface area contributed by atoms with Crippen molar-refractivity contribution in [1.82, 2.24) is 0 Å². The van der Waals surface area contributed by atoms with Gasteiger partial charge in [0.05, 0.1) is 12.9 Å². The van der Waals surface area contributed by atoms with Crippen molar-refractivity contribution in [2.45, 2.75) is 10.2 Å². The number of nitrogens with zero attached hydrogens (tertiary/aromatic N) is 1. The molecule has 0 aromatic heterocycles. The summed E-state index contributed by atoms with van der Waals surface area (Å²) in [5.41, 5.74) is 0.635. The zero-order valence-electron chi connectivity index (χ0n) is 10.0. The van der Waals surface area contributed by atoms with Crippen molar-refractivity contribution < 1.29 is 14.1 Å². The highest BCUT2D eigenvalue weighted by molar-refractivity contribution is 8.01. The van der Waals surface area contributed by atoms with Crippen LogP contribution in [-0.2, 0) is 4.21 Å². The summed E-state index contributed by atoms with van der Waals surface area (Å²) in [5, 5.41) is 10.7. The van der Waals surface area contributed by atoms with Gasteiger partial charge in [0.25, 0.3) is 6.04 Å². The third kappa shape index (κ3) is 2.84. The molecule has 7 heteroatoms. The zero-order valence-corrected chi connectivity index (χ0v) is 11.6. The average molecular weight is 304 g/mol. The average Bonchev–Trinajstić information content (AvgIpc) is 2.38. The number of hydrogen-bond acceptors (Lipinski definition) is 4. The first-order chi connectivity index (χ1) is 8.96. The van der Waals surface area contributed by atoms with Gasteiger partial charge in [-0.1, -0.05) is 23.7 Å². The molecule has 2 rings (SSSR count). The first-order valence-electron chi connectivity index (χ1n) is 5.45. The molecule has 0 saturated carbocycles. The lowest BCUT2D eigenvalue weighted by Gasteiger charge is -2.28. The molecule has 1 aliphatic heterocycles. The predicted octanol–water partition coefficient (Wildman–Crippen LogP) is 3.33. The fourth-order valence-corrected chi connectivity index (χ4v) is 3.34. The Kier molecular flexibility index (Phi) is 4.01. The van der Waals surface area contributed by atoms with Crippen LogP contribution in [-0.4, -0.2) is 23.8 Å². The normalized spacial score (nSPS) is 26.7. The molecule has 0 spiro atoms. The van der Waals surface area contributed by atoms with Crippen molar-refractivity contribution in [3.8, 4) is 5.75 Å². The van der Waals surface area contributed by atoms with Gasteiger partial charge >= 0.3 is 0 Å². The monoisotopic (exact) mass is 303 g/mol. The highest BCUT2D eigenvalue weighted by Crippen LogP contribution is 2.47. The summed E-state index contributed by atoms with van der Waals surface area (Å²) in [5.74, 6) is -0.208. The molecule has 0 amide bonds. The fraction of sp³-hybridized carbons (Fsp3) is 0.333. The summed E-state index contributed by atoms with van der Waals surface area (Å²) in [6, 6.07) is 5.60. The third-order valence-electron chi connectivity index (χ3n) is 2.81. The van der Waals surface area contributed by atoms with E-state index in [9.17, 15) is 14.5 Å². The van der Waals surface area contributed by atoms with Gasteiger partial charge in [0, 0.05) is 4.92 Å². The number of methoxy groups -OCH3 is 1. The van der Waals surface area contributed by atoms with E-state index in [1.165, 1.54) is 7.11 Å². The number of halogens is 2. The first-order valence-corrected chi connectivity index (χ1v) is 6.82. The highest BCUT2D eigenvalue weighted by Gasteiger charge is 2.41. The molecule has 0 fully saturated rings. The molecule has 0 N–H and O–H groups in total. The molecule has 1 aromatic carbocycles. The fourth-order valence-electron chi connectivity index (χ4n) is 1.76. The van der Waals surface area contributed by atoms with Crippen molar-refractivity contribution >= 4 is 23.4 Å². The van der Waals surface area contributed by atoms with E-state index in [2.05, 4.69) is 0 Å². The second kappa shape index (κ2) is 5.38. The summed E-state index contributed by atoms with van der Waals surface area (Å²) in [6.45, 7) is 0. The van der Waals surface area contributed by atoms with E-state index in [-0.39, 0.29) is 5.75 Å². The van der Waals surface area contributed by atoms with Crippen molar-refractivity contribution in [2.75, 3.05) is 12.9 Å². The number of nitro groups is 1. The van der Waals surface area contributed by atoms with E-state index in [4.69, 9.17) is 16.3 Å². The number of alkyl halides is 1. The lowest BCUT2D eigenvalue weighted by atomic mass is 10.1. The minimum atomic E-state index is -1.32. The Bertz CT molecular complexity index is 539. The number of thioether (sulfide) groups is 1. The van der Waals surface area contributed by atoms with Gasteiger partial charge in [0.15, 0.2) is 5.83 Å². The van der Waals surface area contributed by atoms with Gasteiger partial charge in [-0.2, -0.15) is 0 Å². The van der Waals surface area contributed by atoms with Gasteiger partial charge < -0.3 is 4.74 Å². The van der Waals surface area contributed by atoms with E-state index in [1.54, 1.807) is 24.3 Å². The molecule has 1 aliphatic rings. The summed E-state index contributed by atoms with van der Waals surface area (Å²) in [6.07, 6.45) is 1.10. The van der Waals surface area contributed by atoms with Crippen LogP contribution >= 0.6 is 23.4 Å². The highest BCUT2D eigenvalue weighted by atomic mass is 35.5. The zero-order chi connectivity index (χ0) is 14.0. The van der Waals surface area contributed by atoms with Gasteiger partial charge in [-0.15, -0.1) is 11.8 Å². The van der Waals surface area contributed by atoms with Crippen LogP contribution in [0.25, 0.3) is 0 Å². The van der Waals surface area contributed by atoms with E-state index >= 15 is 0 Å². The Hall–Kier alpha value is -1.27. The number of benzene rings is 1. The molecule has 19 heavy (non-hydrogen) atoms. The second-order valence-corrected chi connectivity index (χ2v) is 6.10. The van der Waals surface area contributed by atoms with Crippen LogP contribution in [0.15, 0.2) is 36.2 Å². The maximum Gasteiger partial charge on any atom is 0.272 e. The van der Waals surface area contributed by atoms with Crippen LogP contribution in [0.1, 0.15) is 5.56 Å². The van der Waals surface area contributed by atoms with Crippen molar-refractivity contribution in [1.29, 1.82) is 0 Å². The van der Waals surface area contributed by atoms with Gasteiger partial charge in [-0.05, 0) is 23.8 Å². The van der Waals surface area contributed by atoms with E-state index in [1.807, 2.05) is 0 Å². The maximum atomic E-state index is 13.8. The lowest BCUT2D eigenvalue weighted by Crippen LogP contribution is -2.31. The van der Waals surface area contributed by atoms with Crippen LogP contribution in [0.3, 0.4) is 0 Å². The molecular weight excluding hydrogens is 293 g/mol. The Morgan fingerprint density at radius 3 is 2.95 bits per heavy atom. The molecule has 1 aromatic rings. The largest absolute Gasteiger partial charge is 0.497 e. The molecule has 2 unspecified atom stereocenters. The molecule has 0 saturated heterocycles. The molecule has 0 radical (unpaired) electrons. The minimum absolute atomic E-state index is 0.00393. The number of hydrogen-bond donors (Lipinski definition) is 0. The molecular formula is C12H11ClFNO3S. The van der Waals surface area contributed by atoms with Crippen molar-refractivity contribution in [3.05, 3.63) is 51.8 Å². The molecule has 0 aliphatic carbocycles. The topological polar surface area (TPSA) is 52.4 Å². The maximum absolute atomic E-state index is 13.8. The van der Waals surface area contributed by atoms with Gasteiger partial charge in [0.1, 0.15) is 9.96 Å². The Morgan fingerprint density at radius 2 is 2.37 bits per heavy atom. The summed E-state index contributed by atoms with van der Waals surface area (Å²) in [4.78, 5) is 10.0. The SMILES string of the molecule is COc1cccc(C2(Cl)C=C(F)C([N+](=O)[O-])CS2)c1. The Balaban J connectivity index is 2.36. The minimum Gasteiger partial charge on any atom is -0.497 e. The number of ether oxygens (including phenoxy) is 1. The Labute approximate surface area is 118 Å². The van der Waals surface area contributed by atoms with Crippen LogP contribution in [0, 0.1) is 10.1 Å². The molecule has 2 atom stereocenters. The summed E-state index contributed by atoms with van der Waals surface area (Å²) < 4.78 is 17.7. The van der Waals surface area contributed by atoms with Crippen molar-refractivity contribution in [2.24, 2.45) is 0 Å². The number of rotatable bonds is 3. The third-order valence-corrected chi connectivity index (χ3v) is 4.72. The second-order valence-electron chi connectivity index (χ2n) is 4.02. The van der Waals surface area contributed by atoms with Gasteiger partial charge in [0.2, 0.25) is 0 Å². The lowest BCUT2D eigenvalue weighted by molar-refractivity contribution is -0.509. The van der Waals surface area contributed by atoms with Gasteiger partial charge in [-0.25, -0.2) is 4.39 Å². The van der Waals surface area contributed by atoms with Crippen LogP contribution in [0.5, 0.6) is 5.75 Å². The van der Waals surface area contributed by atoms with Crippen LogP contribution < -0.4 is 4.74 Å². The smallest absolute Gasteiger partial charge is 0.272 e. The molecule has 1 heterocycles. The molecule has 4 nitrogen and oxygen atoms in total. The summed E-state index contributed by atoms with van der Waals surface area (Å²) in [7, 11) is 1.52. The van der Waals surface area contributed by atoms with E-state index in [0.717, 1.165) is 17.8 Å². The van der Waals surface area contributed by atoms with E-state index in [0.29, 0.717) is 11.3 Å². The molecule has 102 valence electrons. The van der Waals surface area contributed by atoms with Gasteiger partial charge in [-0.3, -0.25) is 10.1 Å². The van der Waals surface area contributed by atoms with Crippen LogP contribution in [0.4, 0.5) is 4.39 Å². The standard InChI is InChI=1S/C12H11ClFNO3S/c1-18-9-4-2-3-8(5-9)12(13)6-10(14)11(7-19-12)15(16)17/h2-6,11H,7H2,1H3. The quantitative estimate of drug-likeness (QED) is 0.488. The van der Waals surface area contributed by atoms with Crippen LogP contribution in [0.2, 0.25) is 0 Å². The summed E-state index contributed by atoms with van der Waals surface area (Å²) >= 11 is 7.49. The van der Waals surface area contributed by atoms with Crippen molar-refractivity contribution in [3.63, 3.8) is 0 Å².